The van der Waals surface area contributed by atoms with Gasteiger partial charge in [0.2, 0.25) is 0 Å². The Hall–Kier alpha value is -3.62. The lowest BCUT2D eigenvalue weighted by molar-refractivity contribution is 0.0542. The lowest BCUT2D eigenvalue weighted by Gasteiger charge is -2.40. The molecule has 1 aliphatic heterocycles. The number of aryl methyl sites for hydroxylation is 1. The summed E-state index contributed by atoms with van der Waals surface area (Å²) >= 11 is 1.74. The van der Waals surface area contributed by atoms with E-state index in [1.807, 2.05) is 64.1 Å². The van der Waals surface area contributed by atoms with Gasteiger partial charge in [-0.1, -0.05) is 12.1 Å². The number of hydrogen-bond acceptors (Lipinski definition) is 7. The van der Waals surface area contributed by atoms with Crippen molar-refractivity contribution in [3.63, 3.8) is 0 Å². The van der Waals surface area contributed by atoms with Crippen LogP contribution < -0.4 is 4.74 Å². The summed E-state index contributed by atoms with van der Waals surface area (Å²) in [7, 11) is 3.09. The van der Waals surface area contributed by atoms with Crippen molar-refractivity contribution in [1.29, 1.82) is 0 Å². The number of methoxy groups -OCH3 is 2. The van der Waals surface area contributed by atoms with Gasteiger partial charge in [0.1, 0.15) is 11.4 Å². The van der Waals surface area contributed by atoms with E-state index in [-0.39, 0.29) is 12.0 Å². The van der Waals surface area contributed by atoms with Crippen molar-refractivity contribution < 1.29 is 23.8 Å². The number of ether oxygens (including phenoxy) is 3. The van der Waals surface area contributed by atoms with E-state index in [9.17, 15) is 9.59 Å². The SMILES string of the molecule is COC(=O)c1ccc([C@@H]2CC(c3ccsc3)CCN2Cc2c(OC)cc(C)c3c2ccn3C(=O)OC(C)(C)C)cc1. The van der Waals surface area contributed by atoms with Crippen molar-refractivity contribution >= 4 is 34.3 Å². The van der Waals surface area contributed by atoms with Crippen LogP contribution in [-0.2, 0) is 16.0 Å². The molecule has 1 saturated heterocycles. The zero-order chi connectivity index (χ0) is 29.3. The number of likely N-dealkylation sites (tertiary alicyclic amines) is 1. The van der Waals surface area contributed by atoms with Crippen molar-refractivity contribution in [2.45, 2.75) is 64.6 Å². The van der Waals surface area contributed by atoms with Crippen molar-refractivity contribution in [1.82, 2.24) is 9.47 Å². The number of thiophene rings is 1. The van der Waals surface area contributed by atoms with Gasteiger partial charge in [-0.2, -0.15) is 11.3 Å². The Morgan fingerprint density at radius 2 is 1.80 bits per heavy atom. The molecule has 2 aromatic heterocycles. The summed E-state index contributed by atoms with van der Waals surface area (Å²) in [4.78, 5) is 27.7. The zero-order valence-corrected chi connectivity index (χ0v) is 25.4. The number of hydrogen-bond donors (Lipinski definition) is 0. The maximum atomic E-state index is 13.1. The summed E-state index contributed by atoms with van der Waals surface area (Å²) in [5.41, 5.74) is 5.31. The van der Waals surface area contributed by atoms with Gasteiger partial charge in [0.15, 0.2) is 0 Å². The fraction of sp³-hybridized carbons (Fsp3) is 0.394. The molecule has 1 fully saturated rings. The first-order valence-electron chi connectivity index (χ1n) is 13.9. The van der Waals surface area contributed by atoms with E-state index >= 15 is 0 Å². The van der Waals surface area contributed by atoms with Crippen LogP contribution in [0.25, 0.3) is 10.9 Å². The normalized spacial score (nSPS) is 17.9. The van der Waals surface area contributed by atoms with Gasteiger partial charge in [0.05, 0.1) is 25.3 Å². The van der Waals surface area contributed by atoms with E-state index in [0.717, 1.165) is 52.7 Å². The maximum absolute atomic E-state index is 13.1. The van der Waals surface area contributed by atoms with Gasteiger partial charge in [0, 0.05) is 29.7 Å². The molecule has 0 bridgehead atoms. The lowest BCUT2D eigenvalue weighted by Crippen LogP contribution is -2.36. The van der Waals surface area contributed by atoms with Crippen LogP contribution in [0.15, 0.2) is 59.4 Å². The van der Waals surface area contributed by atoms with Crippen molar-refractivity contribution in [2.75, 3.05) is 20.8 Å². The monoisotopic (exact) mass is 574 g/mol. The average molecular weight is 575 g/mol. The molecule has 0 aliphatic carbocycles. The summed E-state index contributed by atoms with van der Waals surface area (Å²) in [6.07, 6.45) is 3.40. The van der Waals surface area contributed by atoms with Crippen LogP contribution in [0.3, 0.4) is 0 Å². The second kappa shape index (κ2) is 11.7. The molecule has 7 nitrogen and oxygen atoms in total. The molecule has 1 aliphatic rings. The standard InChI is InChI=1S/C33H38N2O5S/c1-21-17-29(38-5)27(26-12-15-35(30(21)26)32(37)40-33(2,3)4)19-34-14-11-24(25-13-16-41-20-25)18-28(34)22-7-9-23(10-8-22)31(36)39-6/h7-10,12-13,15-17,20,24,28H,11,14,18-19H2,1-6H3/t24?,28-/m0/s1. The molecule has 2 atom stereocenters. The molecule has 216 valence electrons. The summed E-state index contributed by atoms with van der Waals surface area (Å²) in [6, 6.07) is 14.1. The molecule has 0 N–H and O–H groups in total. The second-order valence-corrected chi connectivity index (χ2v) is 12.5. The first-order valence-corrected chi connectivity index (χ1v) is 14.9. The lowest BCUT2D eigenvalue weighted by atomic mass is 9.83. The van der Waals surface area contributed by atoms with Gasteiger partial charge < -0.3 is 14.2 Å². The number of benzene rings is 2. The van der Waals surface area contributed by atoms with Crippen molar-refractivity contribution in [3.8, 4) is 5.75 Å². The number of carbonyl (C=O) groups excluding carboxylic acids is 2. The number of esters is 1. The third-order valence-electron chi connectivity index (χ3n) is 7.85. The number of rotatable bonds is 6. The van der Waals surface area contributed by atoms with Gasteiger partial charge in [-0.15, -0.1) is 0 Å². The van der Waals surface area contributed by atoms with E-state index < -0.39 is 11.7 Å². The van der Waals surface area contributed by atoms with Crippen LogP contribution in [0.5, 0.6) is 5.75 Å². The molecule has 41 heavy (non-hydrogen) atoms. The largest absolute Gasteiger partial charge is 0.496 e. The summed E-state index contributed by atoms with van der Waals surface area (Å²) < 4.78 is 18.1. The Kier molecular flexibility index (Phi) is 8.25. The van der Waals surface area contributed by atoms with E-state index in [1.165, 1.54) is 12.7 Å². The highest BCUT2D eigenvalue weighted by atomic mass is 32.1. The minimum absolute atomic E-state index is 0.134. The third kappa shape index (κ3) is 6.04. The Balaban J connectivity index is 1.53. The van der Waals surface area contributed by atoms with E-state index in [2.05, 4.69) is 21.7 Å². The van der Waals surface area contributed by atoms with Crippen molar-refractivity contribution in [2.24, 2.45) is 0 Å². The third-order valence-corrected chi connectivity index (χ3v) is 8.55. The van der Waals surface area contributed by atoms with Gasteiger partial charge in [0.25, 0.3) is 0 Å². The quantitative estimate of drug-likeness (QED) is 0.220. The van der Waals surface area contributed by atoms with Gasteiger partial charge in [-0.05, 0) is 111 Å². The summed E-state index contributed by atoms with van der Waals surface area (Å²) in [5.74, 6) is 0.919. The van der Waals surface area contributed by atoms with Crippen LogP contribution >= 0.6 is 11.3 Å². The Morgan fingerprint density at radius 1 is 1.05 bits per heavy atom. The average Bonchev–Trinajstić information content (AvgIpc) is 3.65. The van der Waals surface area contributed by atoms with E-state index in [0.29, 0.717) is 18.0 Å². The predicted molar refractivity (Wildman–Crippen MR) is 162 cm³/mol. The minimum atomic E-state index is -0.597. The Bertz CT molecular complexity index is 1530. The number of nitrogens with zero attached hydrogens (tertiary/aromatic N) is 2. The second-order valence-electron chi connectivity index (χ2n) is 11.7. The number of aromatic nitrogens is 1. The molecule has 0 radical (unpaired) electrons. The van der Waals surface area contributed by atoms with Gasteiger partial charge in [-0.3, -0.25) is 9.47 Å². The first-order chi connectivity index (χ1) is 19.6. The number of piperidine rings is 1. The molecular formula is C33H38N2O5S. The fourth-order valence-corrected chi connectivity index (χ4v) is 6.64. The fourth-order valence-electron chi connectivity index (χ4n) is 5.89. The van der Waals surface area contributed by atoms with Crippen LogP contribution in [-0.4, -0.2) is 47.9 Å². The molecule has 0 spiro atoms. The molecule has 1 unspecified atom stereocenters. The van der Waals surface area contributed by atoms with Crippen LogP contribution in [0.4, 0.5) is 4.79 Å². The predicted octanol–water partition coefficient (Wildman–Crippen LogP) is 7.71. The smallest absolute Gasteiger partial charge is 0.419 e. The molecule has 5 rings (SSSR count). The topological polar surface area (TPSA) is 70.0 Å². The Morgan fingerprint density at radius 3 is 2.44 bits per heavy atom. The highest BCUT2D eigenvalue weighted by Crippen LogP contribution is 2.42. The molecule has 2 aromatic carbocycles. The van der Waals surface area contributed by atoms with Gasteiger partial charge in [-0.25, -0.2) is 9.59 Å². The minimum Gasteiger partial charge on any atom is -0.496 e. The van der Waals surface area contributed by atoms with Crippen LogP contribution in [0.2, 0.25) is 0 Å². The highest BCUT2D eigenvalue weighted by Gasteiger charge is 2.32. The Labute approximate surface area is 245 Å². The summed E-state index contributed by atoms with van der Waals surface area (Å²) in [6.45, 7) is 9.15. The molecule has 3 heterocycles. The molecule has 0 saturated carbocycles. The van der Waals surface area contributed by atoms with Crippen LogP contribution in [0, 0.1) is 6.92 Å². The summed E-state index contributed by atoms with van der Waals surface area (Å²) in [5, 5.41) is 5.38. The molecule has 4 aromatic rings. The number of carbonyl (C=O) groups is 2. The number of fused-ring (bicyclic) bond motifs is 1. The molecular weight excluding hydrogens is 536 g/mol. The van der Waals surface area contributed by atoms with Gasteiger partial charge >= 0.3 is 12.1 Å². The van der Waals surface area contributed by atoms with Crippen LogP contribution in [0.1, 0.15) is 78.2 Å². The zero-order valence-electron chi connectivity index (χ0n) is 24.6. The first kappa shape index (κ1) is 28.9. The van der Waals surface area contributed by atoms with E-state index in [1.54, 1.807) is 29.2 Å². The van der Waals surface area contributed by atoms with E-state index in [4.69, 9.17) is 14.2 Å². The molecule has 8 heteroatoms. The maximum Gasteiger partial charge on any atom is 0.419 e. The highest BCUT2D eigenvalue weighted by molar-refractivity contribution is 7.08. The molecule has 0 amide bonds. The van der Waals surface area contributed by atoms with Crippen molar-refractivity contribution in [3.05, 3.63) is 87.2 Å².